The van der Waals surface area contributed by atoms with Crippen molar-refractivity contribution < 1.29 is 14.1 Å². The Kier molecular flexibility index (Phi) is 5.69. The van der Waals surface area contributed by atoms with E-state index in [1.807, 2.05) is 0 Å². The number of nitrogens with one attached hydrogen (secondary N) is 1. The molecule has 9 nitrogen and oxygen atoms in total. The van der Waals surface area contributed by atoms with Gasteiger partial charge in [0.05, 0.1) is 18.0 Å². The summed E-state index contributed by atoms with van der Waals surface area (Å²) < 4.78 is 16.1. The van der Waals surface area contributed by atoms with E-state index in [9.17, 15) is 19.3 Å². The molecule has 3 rings (SSSR count). The van der Waals surface area contributed by atoms with Crippen LogP contribution in [0.1, 0.15) is 17.7 Å². The lowest BCUT2D eigenvalue weighted by Crippen LogP contribution is -2.16. The van der Waals surface area contributed by atoms with Crippen molar-refractivity contribution in [3.8, 4) is 0 Å². The van der Waals surface area contributed by atoms with Crippen LogP contribution < -0.4 is 5.32 Å². The zero-order valence-electron chi connectivity index (χ0n) is 14.8. The summed E-state index contributed by atoms with van der Waals surface area (Å²) >= 11 is 6.00. The monoisotopic (exact) mass is 406 g/mol. The molecule has 0 saturated carbocycles. The van der Waals surface area contributed by atoms with Gasteiger partial charge < -0.3 is 5.32 Å². The number of hydrogen-bond acceptors (Lipinski definition) is 5. The third kappa shape index (κ3) is 4.52. The maximum atomic E-state index is 13.1. The summed E-state index contributed by atoms with van der Waals surface area (Å²) in [6, 6.07) is 5.74. The molecule has 1 amide bonds. The minimum atomic E-state index is -0.515. The fourth-order valence-electron chi connectivity index (χ4n) is 2.59. The lowest BCUT2D eigenvalue weighted by atomic mass is 10.2. The van der Waals surface area contributed by atoms with Gasteiger partial charge in [-0.1, -0.05) is 17.7 Å². The molecule has 0 fully saturated rings. The highest BCUT2D eigenvalue weighted by molar-refractivity contribution is 6.31. The lowest BCUT2D eigenvalue weighted by molar-refractivity contribution is -0.385. The van der Waals surface area contributed by atoms with Gasteiger partial charge in [0, 0.05) is 23.7 Å². The highest BCUT2D eigenvalue weighted by atomic mass is 35.5. The number of anilines is 1. The van der Waals surface area contributed by atoms with Crippen LogP contribution in [-0.2, 0) is 17.9 Å². The third-order valence-electron chi connectivity index (χ3n) is 4.08. The van der Waals surface area contributed by atoms with Crippen LogP contribution in [0, 0.1) is 22.9 Å². The first-order chi connectivity index (χ1) is 13.3. The summed E-state index contributed by atoms with van der Waals surface area (Å²) in [6.45, 7) is 2.10. The number of amides is 1. The molecular weight excluding hydrogens is 391 g/mol. The van der Waals surface area contributed by atoms with Gasteiger partial charge >= 0.3 is 5.69 Å². The second-order valence-corrected chi connectivity index (χ2v) is 6.44. The molecule has 0 aliphatic rings. The number of nitrogens with zero attached hydrogens (tertiary/aromatic N) is 5. The number of carbonyl (C=O) groups excluding carboxylic acids is 1. The molecule has 11 heteroatoms. The van der Waals surface area contributed by atoms with Crippen LogP contribution in [-0.4, -0.2) is 30.4 Å². The number of rotatable bonds is 7. The molecule has 2 heterocycles. The largest absolute Gasteiger partial charge is 0.309 e. The molecule has 2 aromatic heterocycles. The molecular formula is C17H16ClFN6O3. The lowest BCUT2D eigenvalue weighted by Gasteiger charge is -2.06. The van der Waals surface area contributed by atoms with Gasteiger partial charge in [-0.15, -0.1) is 0 Å². The van der Waals surface area contributed by atoms with E-state index in [1.165, 1.54) is 16.8 Å². The summed E-state index contributed by atoms with van der Waals surface area (Å²) in [7, 11) is 0. The number of halogens is 2. The maximum Gasteiger partial charge on any atom is 0.309 e. The van der Waals surface area contributed by atoms with E-state index in [0.29, 0.717) is 28.6 Å². The van der Waals surface area contributed by atoms with Crippen molar-refractivity contribution in [2.45, 2.75) is 26.4 Å². The Balaban J connectivity index is 1.56. The Bertz CT molecular complexity index is 1030. The number of hydrogen-bond donors (Lipinski definition) is 1. The zero-order chi connectivity index (χ0) is 20.3. The van der Waals surface area contributed by atoms with E-state index in [0.717, 1.165) is 6.20 Å². The highest BCUT2D eigenvalue weighted by Crippen LogP contribution is 2.19. The highest BCUT2D eigenvalue weighted by Gasteiger charge is 2.17. The minimum Gasteiger partial charge on any atom is -0.309 e. The van der Waals surface area contributed by atoms with Crippen LogP contribution in [0.3, 0.4) is 0 Å². The van der Waals surface area contributed by atoms with Crippen molar-refractivity contribution in [1.82, 2.24) is 19.6 Å². The van der Waals surface area contributed by atoms with Crippen LogP contribution in [0.15, 0.2) is 36.7 Å². The van der Waals surface area contributed by atoms with Crippen LogP contribution in [0.25, 0.3) is 0 Å². The predicted octanol–water partition coefficient (Wildman–Crippen LogP) is 3.17. The van der Waals surface area contributed by atoms with E-state index < -0.39 is 10.7 Å². The molecule has 0 bridgehead atoms. The van der Waals surface area contributed by atoms with Gasteiger partial charge in [0.15, 0.2) is 5.82 Å². The molecule has 1 aromatic carbocycles. The summed E-state index contributed by atoms with van der Waals surface area (Å²) in [6.07, 6.45) is 2.90. The third-order valence-corrected chi connectivity index (χ3v) is 4.43. The van der Waals surface area contributed by atoms with E-state index >= 15 is 0 Å². The summed E-state index contributed by atoms with van der Waals surface area (Å²) in [4.78, 5) is 22.4. The van der Waals surface area contributed by atoms with E-state index in [4.69, 9.17) is 11.6 Å². The van der Waals surface area contributed by atoms with Crippen molar-refractivity contribution in [2.75, 3.05) is 5.32 Å². The van der Waals surface area contributed by atoms with Gasteiger partial charge in [-0.05, 0) is 24.6 Å². The van der Waals surface area contributed by atoms with Crippen molar-refractivity contribution in [2.24, 2.45) is 0 Å². The molecule has 0 saturated heterocycles. The molecule has 0 aliphatic heterocycles. The van der Waals surface area contributed by atoms with Gasteiger partial charge in [0.2, 0.25) is 5.91 Å². The summed E-state index contributed by atoms with van der Waals surface area (Å²) in [5, 5.41) is 21.9. The average molecular weight is 407 g/mol. The van der Waals surface area contributed by atoms with Crippen LogP contribution in [0.2, 0.25) is 5.02 Å². The van der Waals surface area contributed by atoms with Crippen molar-refractivity contribution in [1.29, 1.82) is 0 Å². The fraction of sp³-hybridized carbons (Fsp3) is 0.235. The maximum absolute atomic E-state index is 13.1. The first kappa shape index (κ1) is 19.5. The molecule has 0 atom stereocenters. The standard InChI is InChI=1S/C17H16ClFN6O3/c1-11-15(25(27)28)9-20-24(11)7-5-17(26)21-16-4-6-23(22-16)10-12-2-3-13(19)8-14(12)18/h2-4,6,8-9H,5,7,10H2,1H3,(H,21,22,26). The quantitative estimate of drug-likeness (QED) is 0.479. The first-order valence-corrected chi connectivity index (χ1v) is 8.65. The van der Waals surface area contributed by atoms with Gasteiger partial charge in [-0.3, -0.25) is 24.3 Å². The van der Waals surface area contributed by atoms with Crippen LogP contribution in [0.5, 0.6) is 0 Å². The van der Waals surface area contributed by atoms with Gasteiger partial charge in [-0.2, -0.15) is 10.2 Å². The number of aryl methyl sites for hydroxylation is 1. The fourth-order valence-corrected chi connectivity index (χ4v) is 2.82. The zero-order valence-corrected chi connectivity index (χ0v) is 15.6. The van der Waals surface area contributed by atoms with Gasteiger partial charge in [0.1, 0.15) is 17.7 Å². The summed E-state index contributed by atoms with van der Waals surface area (Å²) in [5.74, 6) is -0.367. The Morgan fingerprint density at radius 2 is 2.18 bits per heavy atom. The van der Waals surface area contributed by atoms with E-state index in [-0.39, 0.29) is 24.6 Å². The van der Waals surface area contributed by atoms with E-state index in [1.54, 1.807) is 29.9 Å². The van der Waals surface area contributed by atoms with E-state index in [2.05, 4.69) is 15.5 Å². The van der Waals surface area contributed by atoms with Gasteiger partial charge in [-0.25, -0.2) is 4.39 Å². The number of aromatic nitrogens is 4. The molecule has 0 spiro atoms. The Morgan fingerprint density at radius 1 is 1.39 bits per heavy atom. The van der Waals surface area contributed by atoms with Crippen molar-refractivity contribution >= 4 is 29.0 Å². The normalized spacial score (nSPS) is 10.8. The van der Waals surface area contributed by atoms with Crippen molar-refractivity contribution in [3.63, 3.8) is 0 Å². The average Bonchev–Trinajstić information content (AvgIpc) is 3.22. The molecule has 3 aromatic rings. The Labute approximate surface area is 163 Å². The molecule has 0 aliphatic carbocycles. The molecule has 1 N–H and O–H groups in total. The smallest absolute Gasteiger partial charge is 0.309 e. The first-order valence-electron chi connectivity index (χ1n) is 8.27. The number of nitro groups is 1. The van der Waals surface area contributed by atoms with Crippen molar-refractivity contribution in [3.05, 3.63) is 68.9 Å². The van der Waals surface area contributed by atoms with Crippen LogP contribution in [0.4, 0.5) is 15.9 Å². The minimum absolute atomic E-state index is 0.0797. The number of benzene rings is 1. The second-order valence-electron chi connectivity index (χ2n) is 6.03. The molecule has 0 unspecified atom stereocenters. The summed E-state index contributed by atoms with van der Waals surface area (Å²) in [5.41, 5.74) is 0.997. The topological polar surface area (TPSA) is 108 Å². The second kappa shape index (κ2) is 8.17. The number of carbonyl (C=O) groups is 1. The predicted molar refractivity (Wildman–Crippen MR) is 99.6 cm³/mol. The SMILES string of the molecule is Cc1c([N+](=O)[O-])cnn1CCC(=O)Nc1ccn(Cc2ccc(F)cc2Cl)n1. The molecule has 146 valence electrons. The molecule has 0 radical (unpaired) electrons. The van der Waals surface area contributed by atoms with Crippen LogP contribution >= 0.6 is 11.6 Å². The van der Waals surface area contributed by atoms with Gasteiger partial charge in [0.25, 0.3) is 0 Å². The molecule has 28 heavy (non-hydrogen) atoms. The Hall–Kier alpha value is -3.27. The Morgan fingerprint density at radius 3 is 2.86 bits per heavy atom.